The van der Waals surface area contributed by atoms with Crippen molar-refractivity contribution in [3.63, 3.8) is 0 Å². The lowest BCUT2D eigenvalue weighted by molar-refractivity contribution is -0.116. The number of nitrogens with one attached hydrogen (secondary N) is 1. The molecule has 1 N–H and O–H groups in total. The number of amides is 2. The van der Waals surface area contributed by atoms with Crippen molar-refractivity contribution in [3.05, 3.63) is 71.5 Å². The number of fused-ring (bicyclic) bond motifs is 1. The maximum atomic E-state index is 13.0. The van der Waals surface area contributed by atoms with Crippen LogP contribution in [0.15, 0.2) is 59.0 Å². The van der Waals surface area contributed by atoms with Crippen LogP contribution in [0.25, 0.3) is 11.3 Å². The minimum atomic E-state index is -0.0150. The van der Waals surface area contributed by atoms with Gasteiger partial charge in [0, 0.05) is 48.3 Å². The topological polar surface area (TPSA) is 71.8 Å². The molecule has 1 aliphatic rings. The third-order valence-electron chi connectivity index (χ3n) is 5.52. The molecular weight excluding hydrogens is 404 g/mol. The van der Waals surface area contributed by atoms with E-state index in [1.165, 1.54) is 0 Å². The van der Waals surface area contributed by atoms with E-state index in [2.05, 4.69) is 5.32 Å². The molecule has 1 aliphatic heterocycles. The number of hydrogen-bond acceptors (Lipinski definition) is 4. The Hall–Kier alpha value is -3.54. The number of carbonyl (C=O) groups is 2. The lowest BCUT2D eigenvalue weighted by Crippen LogP contribution is -2.35. The van der Waals surface area contributed by atoms with E-state index in [9.17, 15) is 9.59 Å². The molecule has 0 radical (unpaired) electrons. The minimum absolute atomic E-state index is 0.0150. The van der Waals surface area contributed by atoms with Gasteiger partial charge in [-0.05, 0) is 54.4 Å². The van der Waals surface area contributed by atoms with Crippen LogP contribution in [0, 0.1) is 5.92 Å². The number of carbonyl (C=O) groups excluding carboxylic acids is 2. The number of rotatable bonds is 6. The fraction of sp³-hybridized carbons (Fsp3) is 0.308. The first-order valence-electron chi connectivity index (χ1n) is 10.9. The molecule has 0 fully saturated rings. The van der Waals surface area contributed by atoms with Crippen LogP contribution in [0.3, 0.4) is 0 Å². The van der Waals surface area contributed by atoms with Gasteiger partial charge in [0.1, 0.15) is 17.3 Å². The summed E-state index contributed by atoms with van der Waals surface area (Å²) in [6, 6.07) is 16.9. The zero-order chi connectivity index (χ0) is 22.7. The second kappa shape index (κ2) is 9.30. The molecule has 2 heterocycles. The molecule has 2 amide bonds. The molecule has 1 aromatic heterocycles. The maximum Gasteiger partial charge on any atom is 0.254 e. The summed E-state index contributed by atoms with van der Waals surface area (Å²) >= 11 is 0. The van der Waals surface area contributed by atoms with Crippen molar-refractivity contribution >= 4 is 17.5 Å². The van der Waals surface area contributed by atoms with Gasteiger partial charge < -0.3 is 19.4 Å². The van der Waals surface area contributed by atoms with Gasteiger partial charge in [0.05, 0.1) is 7.11 Å². The van der Waals surface area contributed by atoms with Crippen molar-refractivity contribution in [3.8, 4) is 17.1 Å². The first-order valence-corrected chi connectivity index (χ1v) is 10.9. The van der Waals surface area contributed by atoms with E-state index in [1.54, 1.807) is 13.2 Å². The molecule has 0 atom stereocenters. The van der Waals surface area contributed by atoms with E-state index >= 15 is 0 Å². The largest absolute Gasteiger partial charge is 0.497 e. The Balaban J connectivity index is 1.45. The first kappa shape index (κ1) is 21.7. The molecule has 0 bridgehead atoms. The van der Waals surface area contributed by atoms with Crippen molar-refractivity contribution in [1.29, 1.82) is 0 Å². The predicted octanol–water partition coefficient (Wildman–Crippen LogP) is 5.14. The fourth-order valence-electron chi connectivity index (χ4n) is 3.89. The molecule has 3 aromatic rings. The smallest absolute Gasteiger partial charge is 0.254 e. The lowest BCUT2D eigenvalue weighted by atomic mass is 10.1. The Labute approximate surface area is 188 Å². The Kier molecular flexibility index (Phi) is 6.30. The van der Waals surface area contributed by atoms with Gasteiger partial charge in [-0.3, -0.25) is 9.59 Å². The summed E-state index contributed by atoms with van der Waals surface area (Å²) in [5.74, 6) is 2.68. The molecule has 0 spiro atoms. The number of methoxy groups -OCH3 is 1. The lowest BCUT2D eigenvalue weighted by Gasteiger charge is -2.26. The zero-order valence-corrected chi connectivity index (χ0v) is 18.7. The molecule has 0 saturated carbocycles. The van der Waals surface area contributed by atoms with E-state index in [1.807, 2.05) is 67.3 Å². The van der Waals surface area contributed by atoms with Crippen LogP contribution in [0.2, 0.25) is 0 Å². The van der Waals surface area contributed by atoms with E-state index < -0.39 is 0 Å². The van der Waals surface area contributed by atoms with E-state index in [-0.39, 0.29) is 11.8 Å². The summed E-state index contributed by atoms with van der Waals surface area (Å²) in [6.45, 7) is 5.16. The van der Waals surface area contributed by atoms with E-state index in [0.29, 0.717) is 43.2 Å². The van der Waals surface area contributed by atoms with Gasteiger partial charge in [-0.15, -0.1) is 0 Å². The standard InChI is InChI=1S/C26H28N2O4/c1-17(2)13-25(29)27-21-9-7-18(8-10-21)24-15-20-16-28(12-11-23(20)32-24)26(30)19-5-4-6-22(14-19)31-3/h4-10,14-15,17H,11-13,16H2,1-3H3,(H,27,29). The fourth-order valence-corrected chi connectivity index (χ4v) is 3.89. The zero-order valence-electron chi connectivity index (χ0n) is 18.7. The number of anilines is 1. The maximum absolute atomic E-state index is 13.0. The molecule has 166 valence electrons. The monoisotopic (exact) mass is 432 g/mol. The van der Waals surface area contributed by atoms with Gasteiger partial charge in [0.25, 0.3) is 5.91 Å². The van der Waals surface area contributed by atoms with Crippen molar-refractivity contribution in [2.45, 2.75) is 33.2 Å². The minimum Gasteiger partial charge on any atom is -0.497 e. The Morgan fingerprint density at radius 2 is 1.91 bits per heavy atom. The second-order valence-corrected chi connectivity index (χ2v) is 8.49. The van der Waals surface area contributed by atoms with Crippen molar-refractivity contribution in [2.24, 2.45) is 5.92 Å². The molecular formula is C26H28N2O4. The van der Waals surface area contributed by atoms with Crippen molar-refractivity contribution in [2.75, 3.05) is 19.0 Å². The van der Waals surface area contributed by atoms with Crippen LogP contribution >= 0.6 is 0 Å². The molecule has 2 aromatic carbocycles. The highest BCUT2D eigenvalue weighted by Crippen LogP contribution is 2.31. The summed E-state index contributed by atoms with van der Waals surface area (Å²) in [4.78, 5) is 26.8. The van der Waals surface area contributed by atoms with Crippen LogP contribution in [0.5, 0.6) is 5.75 Å². The van der Waals surface area contributed by atoms with Gasteiger partial charge in [-0.25, -0.2) is 0 Å². The normalized spacial score (nSPS) is 13.1. The van der Waals surface area contributed by atoms with Crippen LogP contribution < -0.4 is 10.1 Å². The molecule has 4 rings (SSSR count). The Bertz CT molecular complexity index is 1120. The molecule has 32 heavy (non-hydrogen) atoms. The number of hydrogen-bond donors (Lipinski definition) is 1. The van der Waals surface area contributed by atoms with Crippen LogP contribution in [-0.2, 0) is 17.8 Å². The average molecular weight is 433 g/mol. The van der Waals surface area contributed by atoms with Gasteiger partial charge >= 0.3 is 0 Å². The number of ether oxygens (including phenoxy) is 1. The van der Waals surface area contributed by atoms with Crippen LogP contribution in [-0.4, -0.2) is 30.4 Å². The summed E-state index contributed by atoms with van der Waals surface area (Å²) in [5.41, 5.74) is 3.35. The molecule has 0 aliphatic carbocycles. The summed E-state index contributed by atoms with van der Waals surface area (Å²) in [5, 5.41) is 2.92. The van der Waals surface area contributed by atoms with E-state index in [4.69, 9.17) is 9.15 Å². The number of benzene rings is 2. The van der Waals surface area contributed by atoms with Crippen molar-refractivity contribution in [1.82, 2.24) is 4.90 Å². The average Bonchev–Trinajstić information content (AvgIpc) is 3.22. The van der Waals surface area contributed by atoms with Crippen LogP contribution in [0.4, 0.5) is 5.69 Å². The summed E-state index contributed by atoms with van der Waals surface area (Å²) in [6.07, 6.45) is 1.17. The van der Waals surface area contributed by atoms with Crippen molar-refractivity contribution < 1.29 is 18.7 Å². The second-order valence-electron chi connectivity index (χ2n) is 8.49. The van der Waals surface area contributed by atoms with Gasteiger partial charge in [-0.1, -0.05) is 19.9 Å². The Morgan fingerprint density at radius 1 is 1.12 bits per heavy atom. The van der Waals surface area contributed by atoms with Gasteiger partial charge in [-0.2, -0.15) is 0 Å². The number of furan rings is 1. The number of nitrogens with zero attached hydrogens (tertiary/aromatic N) is 1. The highest BCUT2D eigenvalue weighted by atomic mass is 16.5. The first-order chi connectivity index (χ1) is 15.4. The van der Waals surface area contributed by atoms with Gasteiger partial charge in [0.2, 0.25) is 5.91 Å². The molecule has 0 unspecified atom stereocenters. The SMILES string of the molecule is COc1cccc(C(=O)N2CCc3oc(-c4ccc(NC(=O)CC(C)C)cc4)cc3C2)c1. The highest BCUT2D eigenvalue weighted by Gasteiger charge is 2.25. The molecule has 0 saturated heterocycles. The molecule has 6 nitrogen and oxygen atoms in total. The third kappa shape index (κ3) is 4.85. The summed E-state index contributed by atoms with van der Waals surface area (Å²) < 4.78 is 11.3. The predicted molar refractivity (Wildman–Crippen MR) is 124 cm³/mol. The Morgan fingerprint density at radius 3 is 2.62 bits per heavy atom. The van der Waals surface area contributed by atoms with Crippen LogP contribution in [0.1, 0.15) is 41.9 Å². The third-order valence-corrected chi connectivity index (χ3v) is 5.52. The summed E-state index contributed by atoms with van der Waals surface area (Å²) in [7, 11) is 1.59. The highest BCUT2D eigenvalue weighted by molar-refractivity contribution is 5.94. The quantitative estimate of drug-likeness (QED) is 0.586. The molecule has 6 heteroatoms. The van der Waals surface area contributed by atoms with E-state index in [0.717, 1.165) is 28.3 Å². The van der Waals surface area contributed by atoms with Gasteiger partial charge in [0.15, 0.2) is 0 Å².